The summed E-state index contributed by atoms with van der Waals surface area (Å²) in [5, 5.41) is 9.16. The molecular formula is C21H19F2N5O3. The van der Waals surface area contributed by atoms with E-state index in [1.807, 2.05) is 0 Å². The van der Waals surface area contributed by atoms with Crippen LogP contribution in [0.3, 0.4) is 0 Å². The normalized spacial score (nSPS) is 15.5. The minimum absolute atomic E-state index is 0.0611. The predicted octanol–water partition coefficient (Wildman–Crippen LogP) is 3.27. The molecular weight excluding hydrogens is 408 g/mol. The van der Waals surface area contributed by atoms with Gasteiger partial charge in [-0.1, -0.05) is 0 Å². The molecule has 2 N–H and O–H groups in total. The monoisotopic (exact) mass is 427 g/mol. The topological polar surface area (TPSA) is 100 Å². The minimum Gasteiger partial charge on any atom is -0.463 e. The molecule has 8 nitrogen and oxygen atoms in total. The Kier molecular flexibility index (Phi) is 5.14. The first-order valence-corrected chi connectivity index (χ1v) is 9.49. The van der Waals surface area contributed by atoms with E-state index in [0.717, 1.165) is 18.2 Å². The van der Waals surface area contributed by atoms with Crippen molar-refractivity contribution >= 4 is 23.3 Å². The molecule has 0 fully saturated rings. The third kappa shape index (κ3) is 3.96. The average molecular weight is 427 g/mol. The first-order valence-electron chi connectivity index (χ1n) is 9.49. The van der Waals surface area contributed by atoms with Crippen LogP contribution in [-0.4, -0.2) is 33.1 Å². The van der Waals surface area contributed by atoms with Crippen molar-refractivity contribution in [1.82, 2.24) is 15.2 Å². The number of carbonyl (C=O) groups excluding carboxylic acids is 2. The van der Waals surface area contributed by atoms with Gasteiger partial charge in [0.15, 0.2) is 6.10 Å². The van der Waals surface area contributed by atoms with E-state index >= 15 is 0 Å². The molecule has 1 aliphatic rings. The van der Waals surface area contributed by atoms with Gasteiger partial charge in [-0.3, -0.25) is 19.6 Å². The van der Waals surface area contributed by atoms with Crippen LogP contribution >= 0.6 is 0 Å². The molecule has 0 saturated carbocycles. The van der Waals surface area contributed by atoms with E-state index in [4.69, 9.17) is 4.74 Å². The maximum atomic E-state index is 13.6. The molecule has 0 unspecified atom stereocenters. The highest BCUT2D eigenvalue weighted by Gasteiger charge is 2.33. The molecule has 0 aliphatic carbocycles. The Labute approximate surface area is 176 Å². The summed E-state index contributed by atoms with van der Waals surface area (Å²) >= 11 is 0. The highest BCUT2D eigenvalue weighted by atomic mass is 19.1. The Hall–Kier alpha value is -3.82. The van der Waals surface area contributed by atoms with Crippen molar-refractivity contribution in [3.05, 3.63) is 64.5 Å². The molecule has 0 spiro atoms. The molecule has 31 heavy (non-hydrogen) atoms. The number of hydrogen-bond acceptors (Lipinski definition) is 5. The van der Waals surface area contributed by atoms with E-state index in [-0.39, 0.29) is 29.7 Å². The molecule has 10 heteroatoms. The molecule has 0 saturated heterocycles. The second-order valence-electron chi connectivity index (χ2n) is 7.32. The van der Waals surface area contributed by atoms with Gasteiger partial charge < -0.3 is 10.1 Å². The van der Waals surface area contributed by atoms with Crippen LogP contribution in [0.15, 0.2) is 30.5 Å². The summed E-state index contributed by atoms with van der Waals surface area (Å²) in [5.41, 5.74) is 2.19. The minimum atomic E-state index is -0.862. The summed E-state index contributed by atoms with van der Waals surface area (Å²) in [4.78, 5) is 31.0. The maximum absolute atomic E-state index is 13.6. The van der Waals surface area contributed by atoms with Crippen LogP contribution in [0.5, 0.6) is 5.88 Å². The second-order valence-corrected chi connectivity index (χ2v) is 7.32. The van der Waals surface area contributed by atoms with Gasteiger partial charge in [0.05, 0.1) is 12.7 Å². The number of nitrogens with zero attached hydrogens (tertiary/aromatic N) is 3. The average Bonchev–Trinajstić information content (AvgIpc) is 3.12. The van der Waals surface area contributed by atoms with Gasteiger partial charge in [0, 0.05) is 6.07 Å². The lowest BCUT2D eigenvalue weighted by Gasteiger charge is -2.33. The predicted molar refractivity (Wildman–Crippen MR) is 108 cm³/mol. The summed E-state index contributed by atoms with van der Waals surface area (Å²) in [6.45, 7) is 4.95. The van der Waals surface area contributed by atoms with Crippen molar-refractivity contribution in [1.29, 1.82) is 0 Å². The zero-order valence-corrected chi connectivity index (χ0v) is 17.0. The fourth-order valence-corrected chi connectivity index (χ4v) is 3.34. The smallest absolute Gasteiger partial charge is 0.275 e. The van der Waals surface area contributed by atoms with Crippen molar-refractivity contribution in [3.8, 4) is 5.88 Å². The van der Waals surface area contributed by atoms with Gasteiger partial charge in [-0.05, 0) is 55.7 Å². The summed E-state index contributed by atoms with van der Waals surface area (Å²) in [5.74, 6) is -1.86. The number of carbonyl (C=O) groups is 2. The van der Waals surface area contributed by atoms with Crippen LogP contribution in [-0.2, 0) is 11.3 Å². The molecule has 2 amide bonds. The van der Waals surface area contributed by atoms with Crippen LogP contribution in [0.2, 0.25) is 0 Å². The molecule has 0 radical (unpaired) electrons. The number of pyridine rings is 1. The van der Waals surface area contributed by atoms with E-state index in [1.54, 1.807) is 26.8 Å². The fraction of sp³-hybridized carbons (Fsp3) is 0.238. The van der Waals surface area contributed by atoms with Gasteiger partial charge in [0.2, 0.25) is 5.88 Å². The van der Waals surface area contributed by atoms with E-state index in [9.17, 15) is 18.4 Å². The fourth-order valence-electron chi connectivity index (χ4n) is 3.34. The molecule has 1 atom stereocenters. The first kappa shape index (κ1) is 20.5. The quantitative estimate of drug-likeness (QED) is 0.666. The van der Waals surface area contributed by atoms with Crippen molar-refractivity contribution in [2.45, 2.75) is 33.4 Å². The number of ether oxygens (including phenoxy) is 1. The van der Waals surface area contributed by atoms with Crippen LogP contribution < -0.4 is 15.0 Å². The van der Waals surface area contributed by atoms with Gasteiger partial charge in [-0.25, -0.2) is 8.78 Å². The molecule has 3 aromatic rings. The van der Waals surface area contributed by atoms with Crippen molar-refractivity contribution in [2.24, 2.45) is 0 Å². The number of amides is 2. The number of hydrogen-bond donors (Lipinski definition) is 2. The molecule has 1 aliphatic heterocycles. The summed E-state index contributed by atoms with van der Waals surface area (Å²) in [6.07, 6.45) is 0.672. The Morgan fingerprint density at radius 3 is 2.55 bits per heavy atom. The van der Waals surface area contributed by atoms with E-state index in [0.29, 0.717) is 22.5 Å². The van der Waals surface area contributed by atoms with Gasteiger partial charge in [-0.2, -0.15) is 10.1 Å². The molecule has 2 aromatic heterocycles. The van der Waals surface area contributed by atoms with Gasteiger partial charge in [-0.15, -0.1) is 0 Å². The molecule has 3 heterocycles. The number of halogens is 2. The molecule has 0 bridgehead atoms. The Morgan fingerprint density at radius 1 is 1.19 bits per heavy atom. The van der Waals surface area contributed by atoms with Crippen molar-refractivity contribution in [2.75, 3.05) is 10.2 Å². The second kappa shape index (κ2) is 7.78. The summed E-state index contributed by atoms with van der Waals surface area (Å²) in [7, 11) is 0. The summed E-state index contributed by atoms with van der Waals surface area (Å²) < 4.78 is 32.8. The number of benzene rings is 1. The van der Waals surface area contributed by atoms with Crippen LogP contribution in [0.1, 0.15) is 34.1 Å². The SMILES string of the molecule is Cc1cc2c(nc1NC(=O)c1[nH]ncc1C)O[C@@H](C)C(=O)N2Cc1cc(F)cc(F)c1. The Morgan fingerprint density at radius 2 is 1.90 bits per heavy atom. The highest BCUT2D eigenvalue weighted by molar-refractivity contribution is 6.04. The van der Waals surface area contributed by atoms with Crippen LogP contribution in [0.4, 0.5) is 20.3 Å². The number of nitrogens with one attached hydrogen (secondary N) is 2. The van der Waals surface area contributed by atoms with Crippen molar-refractivity contribution in [3.63, 3.8) is 0 Å². The van der Waals surface area contributed by atoms with Gasteiger partial charge in [0.1, 0.15) is 28.8 Å². The lowest BCUT2D eigenvalue weighted by molar-refractivity contribution is -0.125. The number of anilines is 2. The zero-order chi connectivity index (χ0) is 22.3. The zero-order valence-electron chi connectivity index (χ0n) is 17.0. The van der Waals surface area contributed by atoms with Crippen molar-refractivity contribution < 1.29 is 23.1 Å². The first-order chi connectivity index (χ1) is 14.7. The lowest BCUT2D eigenvalue weighted by atomic mass is 10.1. The lowest BCUT2D eigenvalue weighted by Crippen LogP contribution is -2.44. The Bertz CT molecular complexity index is 1170. The van der Waals surface area contributed by atoms with Gasteiger partial charge >= 0.3 is 0 Å². The number of aryl methyl sites for hydroxylation is 2. The number of fused-ring (bicyclic) bond motifs is 1. The number of H-pyrrole nitrogens is 1. The third-order valence-electron chi connectivity index (χ3n) is 4.90. The van der Waals surface area contributed by atoms with Crippen LogP contribution in [0, 0.1) is 25.5 Å². The van der Waals surface area contributed by atoms with E-state index in [2.05, 4.69) is 20.5 Å². The maximum Gasteiger partial charge on any atom is 0.275 e. The molecule has 1 aromatic carbocycles. The van der Waals surface area contributed by atoms with E-state index < -0.39 is 23.6 Å². The Balaban J connectivity index is 1.67. The number of aromatic nitrogens is 3. The molecule has 4 rings (SSSR count). The standard InChI is InChI=1S/C21H19F2N5O3/c1-10-4-16-20(26-18(10)25-19(29)17-11(2)8-24-27-17)31-12(3)21(30)28(16)9-13-5-14(22)7-15(23)6-13/h4-8,12H,9H2,1-3H3,(H,24,27)(H,25,26,29)/t12-/m0/s1. The highest BCUT2D eigenvalue weighted by Crippen LogP contribution is 2.36. The van der Waals surface area contributed by atoms with E-state index in [1.165, 1.54) is 11.1 Å². The number of rotatable bonds is 4. The third-order valence-corrected chi connectivity index (χ3v) is 4.90. The largest absolute Gasteiger partial charge is 0.463 e. The molecule has 160 valence electrons. The number of aromatic amines is 1. The van der Waals surface area contributed by atoms with Crippen LogP contribution in [0.25, 0.3) is 0 Å². The summed E-state index contributed by atoms with van der Waals surface area (Å²) in [6, 6.07) is 4.73. The van der Waals surface area contributed by atoms with Gasteiger partial charge in [0.25, 0.3) is 11.8 Å².